The Hall–Kier alpha value is -1.36. The number of hydrogen-bond acceptors (Lipinski definition) is 2. The van der Waals surface area contributed by atoms with E-state index in [1.54, 1.807) is 0 Å². The molecule has 18 heavy (non-hydrogen) atoms. The SMILES string of the molecule is CC1COCCC1C(=O)c1cc(F)c(F)cc1F. The minimum atomic E-state index is -1.29. The van der Waals surface area contributed by atoms with Crippen LogP contribution < -0.4 is 0 Å². The van der Waals surface area contributed by atoms with Crippen molar-refractivity contribution < 1.29 is 22.7 Å². The van der Waals surface area contributed by atoms with Gasteiger partial charge in [-0.15, -0.1) is 0 Å². The van der Waals surface area contributed by atoms with Gasteiger partial charge < -0.3 is 4.74 Å². The molecule has 0 spiro atoms. The Labute approximate surface area is 103 Å². The predicted octanol–water partition coefficient (Wildman–Crippen LogP) is 2.96. The smallest absolute Gasteiger partial charge is 0.169 e. The van der Waals surface area contributed by atoms with Crippen LogP contribution in [0, 0.1) is 29.3 Å². The molecule has 2 atom stereocenters. The fourth-order valence-electron chi connectivity index (χ4n) is 2.18. The average molecular weight is 258 g/mol. The Kier molecular flexibility index (Phi) is 3.71. The van der Waals surface area contributed by atoms with Crippen molar-refractivity contribution in [2.45, 2.75) is 13.3 Å². The Morgan fingerprint density at radius 3 is 2.56 bits per heavy atom. The van der Waals surface area contributed by atoms with Gasteiger partial charge in [0.15, 0.2) is 17.4 Å². The molecule has 2 unspecified atom stereocenters. The van der Waals surface area contributed by atoms with Crippen LogP contribution in [0.5, 0.6) is 0 Å². The van der Waals surface area contributed by atoms with Crippen molar-refractivity contribution in [3.63, 3.8) is 0 Å². The molecule has 1 aromatic rings. The van der Waals surface area contributed by atoms with Crippen LogP contribution in [0.15, 0.2) is 12.1 Å². The van der Waals surface area contributed by atoms with Crippen molar-refractivity contribution in [1.29, 1.82) is 0 Å². The number of carbonyl (C=O) groups is 1. The van der Waals surface area contributed by atoms with Crippen LogP contribution in [-0.2, 0) is 4.74 Å². The maximum atomic E-state index is 13.5. The number of rotatable bonds is 2. The van der Waals surface area contributed by atoms with Gasteiger partial charge >= 0.3 is 0 Å². The second-order valence-corrected chi connectivity index (χ2v) is 4.56. The van der Waals surface area contributed by atoms with E-state index in [4.69, 9.17) is 4.74 Å². The van der Waals surface area contributed by atoms with Crippen molar-refractivity contribution in [2.75, 3.05) is 13.2 Å². The summed E-state index contributed by atoms with van der Waals surface area (Å²) < 4.78 is 44.6. The summed E-state index contributed by atoms with van der Waals surface area (Å²) in [6.07, 6.45) is 0.471. The number of benzene rings is 1. The summed E-state index contributed by atoms with van der Waals surface area (Å²) in [5, 5.41) is 0. The van der Waals surface area contributed by atoms with Crippen LogP contribution in [0.1, 0.15) is 23.7 Å². The number of ether oxygens (including phenoxy) is 1. The van der Waals surface area contributed by atoms with E-state index < -0.39 is 29.2 Å². The first kappa shape index (κ1) is 13.1. The van der Waals surface area contributed by atoms with Crippen LogP contribution >= 0.6 is 0 Å². The number of ketones is 1. The zero-order valence-electron chi connectivity index (χ0n) is 9.88. The van der Waals surface area contributed by atoms with E-state index in [0.29, 0.717) is 31.8 Å². The Balaban J connectivity index is 2.30. The highest BCUT2D eigenvalue weighted by Gasteiger charge is 2.31. The second kappa shape index (κ2) is 5.10. The summed E-state index contributed by atoms with van der Waals surface area (Å²) in [5.74, 6) is -4.46. The number of hydrogen-bond donors (Lipinski definition) is 0. The zero-order valence-corrected chi connectivity index (χ0v) is 9.88. The van der Waals surface area contributed by atoms with Crippen LogP contribution in [0.3, 0.4) is 0 Å². The molecule has 5 heteroatoms. The van der Waals surface area contributed by atoms with Gasteiger partial charge in [0.05, 0.1) is 5.56 Å². The van der Waals surface area contributed by atoms with Crippen LogP contribution in [0.4, 0.5) is 13.2 Å². The minimum Gasteiger partial charge on any atom is -0.381 e. The van der Waals surface area contributed by atoms with Crippen molar-refractivity contribution in [1.82, 2.24) is 0 Å². The Morgan fingerprint density at radius 1 is 1.22 bits per heavy atom. The van der Waals surface area contributed by atoms with E-state index in [-0.39, 0.29) is 11.5 Å². The van der Waals surface area contributed by atoms with Gasteiger partial charge in [0.2, 0.25) is 0 Å². The number of carbonyl (C=O) groups excluding carboxylic acids is 1. The van der Waals surface area contributed by atoms with E-state index in [2.05, 4.69) is 0 Å². The lowest BCUT2D eigenvalue weighted by Crippen LogP contribution is -2.32. The van der Waals surface area contributed by atoms with E-state index in [1.165, 1.54) is 0 Å². The maximum absolute atomic E-state index is 13.5. The molecule has 98 valence electrons. The molecule has 0 aromatic heterocycles. The molecule has 2 rings (SSSR count). The molecule has 0 saturated carbocycles. The van der Waals surface area contributed by atoms with Crippen molar-refractivity contribution in [3.05, 3.63) is 35.1 Å². The summed E-state index contributed by atoms with van der Waals surface area (Å²) in [6.45, 7) is 2.66. The molecule has 1 saturated heterocycles. The molecule has 1 heterocycles. The lowest BCUT2D eigenvalue weighted by molar-refractivity contribution is 0.0239. The monoisotopic (exact) mass is 258 g/mol. The van der Waals surface area contributed by atoms with Crippen molar-refractivity contribution >= 4 is 5.78 Å². The molecule has 0 aliphatic carbocycles. The van der Waals surface area contributed by atoms with Gasteiger partial charge in [0.1, 0.15) is 5.82 Å². The quantitative estimate of drug-likeness (QED) is 0.602. The summed E-state index contributed by atoms with van der Waals surface area (Å²) in [7, 11) is 0. The van der Waals surface area contributed by atoms with Gasteiger partial charge in [-0.05, 0) is 18.4 Å². The van der Waals surface area contributed by atoms with E-state index in [9.17, 15) is 18.0 Å². The highest BCUT2D eigenvalue weighted by Crippen LogP contribution is 2.27. The molecule has 0 N–H and O–H groups in total. The fraction of sp³-hybridized carbons (Fsp3) is 0.462. The summed E-state index contributed by atoms with van der Waals surface area (Å²) in [4.78, 5) is 12.1. The standard InChI is InChI=1S/C13H13F3O2/c1-7-6-18-3-2-8(7)13(17)9-4-11(15)12(16)5-10(9)14/h4-5,7-8H,2-3,6H2,1H3. The van der Waals surface area contributed by atoms with E-state index in [1.807, 2.05) is 6.92 Å². The second-order valence-electron chi connectivity index (χ2n) is 4.56. The Bertz CT molecular complexity index is 474. The normalized spacial score (nSPS) is 24.0. The molecule has 0 amide bonds. The highest BCUT2D eigenvalue weighted by atomic mass is 19.2. The summed E-state index contributed by atoms with van der Waals surface area (Å²) in [5.41, 5.74) is -0.382. The van der Waals surface area contributed by atoms with Crippen molar-refractivity contribution in [3.8, 4) is 0 Å². The zero-order chi connectivity index (χ0) is 13.3. The molecular formula is C13H13F3O2. The highest BCUT2D eigenvalue weighted by molar-refractivity contribution is 5.98. The van der Waals surface area contributed by atoms with Gasteiger partial charge in [-0.3, -0.25) is 4.79 Å². The molecule has 0 radical (unpaired) electrons. The molecular weight excluding hydrogens is 245 g/mol. The Morgan fingerprint density at radius 2 is 1.89 bits per heavy atom. The van der Waals surface area contributed by atoms with Gasteiger partial charge in [0, 0.05) is 25.2 Å². The van der Waals surface area contributed by atoms with Gasteiger partial charge in [0.25, 0.3) is 0 Å². The van der Waals surface area contributed by atoms with Crippen LogP contribution in [-0.4, -0.2) is 19.0 Å². The fourth-order valence-corrected chi connectivity index (χ4v) is 2.18. The first-order valence-corrected chi connectivity index (χ1v) is 5.77. The summed E-state index contributed by atoms with van der Waals surface area (Å²) in [6, 6.07) is 1.04. The van der Waals surface area contributed by atoms with Gasteiger partial charge in [-0.1, -0.05) is 6.92 Å². The lowest BCUT2D eigenvalue weighted by atomic mass is 9.83. The van der Waals surface area contributed by atoms with Crippen LogP contribution in [0.25, 0.3) is 0 Å². The lowest BCUT2D eigenvalue weighted by Gasteiger charge is -2.27. The summed E-state index contributed by atoms with van der Waals surface area (Å²) >= 11 is 0. The molecule has 1 fully saturated rings. The maximum Gasteiger partial charge on any atom is 0.169 e. The first-order chi connectivity index (χ1) is 8.50. The third kappa shape index (κ3) is 2.41. The van der Waals surface area contributed by atoms with E-state index in [0.717, 1.165) is 0 Å². The molecule has 2 nitrogen and oxygen atoms in total. The van der Waals surface area contributed by atoms with Crippen LogP contribution in [0.2, 0.25) is 0 Å². The molecule has 1 aliphatic heterocycles. The van der Waals surface area contributed by atoms with E-state index >= 15 is 0 Å². The molecule has 1 aromatic carbocycles. The predicted molar refractivity (Wildman–Crippen MR) is 58.7 cm³/mol. The van der Waals surface area contributed by atoms with Gasteiger partial charge in [-0.25, -0.2) is 13.2 Å². The number of halogens is 3. The van der Waals surface area contributed by atoms with Gasteiger partial charge in [-0.2, -0.15) is 0 Å². The largest absolute Gasteiger partial charge is 0.381 e. The number of Topliss-reactive ketones (excluding diaryl/α,β-unsaturated/α-hetero) is 1. The topological polar surface area (TPSA) is 26.3 Å². The average Bonchev–Trinajstić information content (AvgIpc) is 2.33. The molecule has 1 aliphatic rings. The third-order valence-corrected chi connectivity index (χ3v) is 3.25. The molecule has 0 bridgehead atoms. The first-order valence-electron chi connectivity index (χ1n) is 5.77. The minimum absolute atomic E-state index is 0.0567. The van der Waals surface area contributed by atoms with Crippen molar-refractivity contribution in [2.24, 2.45) is 11.8 Å². The third-order valence-electron chi connectivity index (χ3n) is 3.25.